The standard InChI is InChI=1S/C13H24N4O2S/c1-3-17(4-2)10-6-5-9-16-20(18,19)13-8-7-12(14)11-15-13/h7-8,11,16H,3-6,9-10,14H2,1-2H3. The highest BCUT2D eigenvalue weighted by Crippen LogP contribution is 2.07. The van der Waals surface area contributed by atoms with E-state index < -0.39 is 10.0 Å². The van der Waals surface area contributed by atoms with E-state index in [-0.39, 0.29) is 5.03 Å². The SMILES string of the molecule is CCN(CC)CCCCNS(=O)(=O)c1ccc(N)cn1. The van der Waals surface area contributed by atoms with Gasteiger partial charge in [0, 0.05) is 6.54 Å². The third-order valence-corrected chi connectivity index (χ3v) is 4.50. The van der Waals surface area contributed by atoms with Gasteiger partial charge in [-0.3, -0.25) is 0 Å². The fraction of sp³-hybridized carbons (Fsp3) is 0.615. The number of unbranched alkanes of at least 4 members (excludes halogenated alkanes) is 1. The molecule has 0 spiro atoms. The van der Waals surface area contributed by atoms with Crippen molar-refractivity contribution in [1.82, 2.24) is 14.6 Å². The zero-order chi connectivity index (χ0) is 15.0. The Bertz CT molecular complexity index is 484. The molecular weight excluding hydrogens is 276 g/mol. The number of hydrogen-bond donors (Lipinski definition) is 2. The molecule has 1 aromatic rings. The summed E-state index contributed by atoms with van der Waals surface area (Å²) >= 11 is 0. The van der Waals surface area contributed by atoms with Gasteiger partial charge in [0.05, 0.1) is 11.9 Å². The number of anilines is 1. The van der Waals surface area contributed by atoms with Gasteiger partial charge in [-0.05, 0) is 44.6 Å². The molecule has 0 aliphatic carbocycles. The Labute approximate surface area is 121 Å². The van der Waals surface area contributed by atoms with E-state index in [9.17, 15) is 8.42 Å². The molecule has 1 rings (SSSR count). The van der Waals surface area contributed by atoms with Gasteiger partial charge in [0.15, 0.2) is 5.03 Å². The normalized spacial score (nSPS) is 11.9. The predicted octanol–water partition coefficient (Wildman–Crippen LogP) is 1.06. The number of nitrogen functional groups attached to an aromatic ring is 1. The Balaban J connectivity index is 2.35. The maximum Gasteiger partial charge on any atom is 0.258 e. The van der Waals surface area contributed by atoms with Crippen LogP contribution >= 0.6 is 0 Å². The highest BCUT2D eigenvalue weighted by atomic mass is 32.2. The van der Waals surface area contributed by atoms with Crippen LogP contribution in [-0.4, -0.2) is 44.5 Å². The maximum absolute atomic E-state index is 11.9. The quantitative estimate of drug-likeness (QED) is 0.666. The van der Waals surface area contributed by atoms with Crippen LogP contribution in [-0.2, 0) is 10.0 Å². The van der Waals surface area contributed by atoms with Crippen molar-refractivity contribution >= 4 is 15.7 Å². The summed E-state index contributed by atoms with van der Waals surface area (Å²) in [5, 5.41) is 0.00967. The third-order valence-electron chi connectivity index (χ3n) is 3.12. The first-order valence-corrected chi connectivity index (χ1v) is 8.41. The monoisotopic (exact) mass is 300 g/mol. The molecule has 3 N–H and O–H groups in total. The van der Waals surface area contributed by atoms with Crippen LogP contribution in [0.4, 0.5) is 5.69 Å². The molecule has 6 nitrogen and oxygen atoms in total. The summed E-state index contributed by atoms with van der Waals surface area (Å²) in [6.45, 7) is 7.72. The molecule has 0 radical (unpaired) electrons. The van der Waals surface area contributed by atoms with Gasteiger partial charge in [-0.15, -0.1) is 0 Å². The molecule has 114 valence electrons. The number of nitrogens with one attached hydrogen (secondary N) is 1. The number of rotatable bonds is 9. The van der Waals surface area contributed by atoms with Crippen molar-refractivity contribution in [2.24, 2.45) is 0 Å². The van der Waals surface area contributed by atoms with E-state index >= 15 is 0 Å². The van der Waals surface area contributed by atoms with Gasteiger partial charge in [0.25, 0.3) is 10.0 Å². The van der Waals surface area contributed by atoms with Crippen molar-refractivity contribution in [3.8, 4) is 0 Å². The minimum absolute atomic E-state index is 0.00967. The first-order valence-electron chi connectivity index (χ1n) is 6.93. The minimum atomic E-state index is -3.52. The molecule has 0 aliphatic heterocycles. The topological polar surface area (TPSA) is 88.3 Å². The number of sulfonamides is 1. The highest BCUT2D eigenvalue weighted by Gasteiger charge is 2.14. The number of hydrogen-bond acceptors (Lipinski definition) is 5. The number of aromatic nitrogens is 1. The van der Waals surface area contributed by atoms with E-state index in [1.165, 1.54) is 18.3 Å². The van der Waals surface area contributed by atoms with Crippen LogP contribution in [0.2, 0.25) is 0 Å². The summed E-state index contributed by atoms with van der Waals surface area (Å²) in [6, 6.07) is 2.94. The van der Waals surface area contributed by atoms with Crippen LogP contribution in [0.3, 0.4) is 0 Å². The Morgan fingerprint density at radius 2 is 1.95 bits per heavy atom. The van der Waals surface area contributed by atoms with Gasteiger partial charge in [-0.1, -0.05) is 13.8 Å². The van der Waals surface area contributed by atoms with Crippen LogP contribution in [0, 0.1) is 0 Å². The summed E-state index contributed by atoms with van der Waals surface area (Å²) in [4.78, 5) is 6.14. The van der Waals surface area contributed by atoms with Gasteiger partial charge < -0.3 is 10.6 Å². The molecular formula is C13H24N4O2S. The van der Waals surface area contributed by atoms with Gasteiger partial charge in [0.1, 0.15) is 0 Å². The van der Waals surface area contributed by atoms with E-state index in [1.807, 2.05) is 0 Å². The van der Waals surface area contributed by atoms with E-state index in [2.05, 4.69) is 28.5 Å². The summed E-state index contributed by atoms with van der Waals surface area (Å²) in [5.74, 6) is 0. The van der Waals surface area contributed by atoms with E-state index in [0.717, 1.165) is 32.5 Å². The van der Waals surface area contributed by atoms with Gasteiger partial charge in [-0.25, -0.2) is 18.1 Å². The van der Waals surface area contributed by atoms with Crippen LogP contribution in [0.5, 0.6) is 0 Å². The predicted molar refractivity (Wildman–Crippen MR) is 80.9 cm³/mol. The average molecular weight is 300 g/mol. The summed E-state index contributed by atoms with van der Waals surface area (Å²) in [5.41, 5.74) is 5.93. The van der Waals surface area contributed by atoms with Gasteiger partial charge in [0.2, 0.25) is 0 Å². The zero-order valence-corrected chi connectivity index (χ0v) is 13.0. The lowest BCUT2D eigenvalue weighted by atomic mass is 10.3. The Morgan fingerprint density at radius 1 is 1.25 bits per heavy atom. The molecule has 0 atom stereocenters. The molecule has 0 saturated carbocycles. The Morgan fingerprint density at radius 3 is 2.50 bits per heavy atom. The maximum atomic E-state index is 11.9. The summed E-state index contributed by atoms with van der Waals surface area (Å²) in [7, 11) is -3.52. The van der Waals surface area contributed by atoms with Crippen molar-refractivity contribution in [3.63, 3.8) is 0 Å². The molecule has 0 unspecified atom stereocenters. The molecule has 1 aromatic heterocycles. The van der Waals surface area contributed by atoms with Crippen molar-refractivity contribution in [2.75, 3.05) is 31.9 Å². The largest absolute Gasteiger partial charge is 0.397 e. The fourth-order valence-electron chi connectivity index (χ4n) is 1.83. The minimum Gasteiger partial charge on any atom is -0.397 e. The lowest BCUT2D eigenvalue weighted by Gasteiger charge is -2.17. The lowest BCUT2D eigenvalue weighted by molar-refractivity contribution is 0.297. The number of nitrogens with zero attached hydrogens (tertiary/aromatic N) is 2. The highest BCUT2D eigenvalue weighted by molar-refractivity contribution is 7.89. The van der Waals surface area contributed by atoms with Crippen LogP contribution in [0.15, 0.2) is 23.4 Å². The molecule has 20 heavy (non-hydrogen) atoms. The zero-order valence-electron chi connectivity index (χ0n) is 12.2. The first kappa shape index (κ1) is 16.9. The molecule has 0 amide bonds. The van der Waals surface area contributed by atoms with Crippen LogP contribution in [0.1, 0.15) is 26.7 Å². The first-order chi connectivity index (χ1) is 9.49. The fourth-order valence-corrected chi connectivity index (χ4v) is 2.83. The summed E-state index contributed by atoms with van der Waals surface area (Å²) in [6.07, 6.45) is 3.12. The average Bonchev–Trinajstić information content (AvgIpc) is 2.43. The molecule has 0 aliphatic rings. The van der Waals surface area contributed by atoms with Gasteiger partial charge >= 0.3 is 0 Å². The Kier molecular flexibility index (Phi) is 6.90. The number of pyridine rings is 1. The van der Waals surface area contributed by atoms with Crippen molar-refractivity contribution in [1.29, 1.82) is 0 Å². The third kappa shape index (κ3) is 5.44. The van der Waals surface area contributed by atoms with Crippen LogP contribution in [0.25, 0.3) is 0 Å². The molecule has 0 bridgehead atoms. The molecule has 0 aromatic carbocycles. The second-order valence-corrected chi connectivity index (χ2v) is 6.28. The van der Waals surface area contributed by atoms with Crippen LogP contribution < -0.4 is 10.5 Å². The molecule has 0 saturated heterocycles. The second kappa shape index (κ2) is 8.18. The summed E-state index contributed by atoms with van der Waals surface area (Å²) < 4.78 is 26.4. The Hall–Kier alpha value is -1.18. The number of nitrogens with two attached hydrogens (primary N) is 1. The van der Waals surface area contributed by atoms with Crippen molar-refractivity contribution < 1.29 is 8.42 Å². The van der Waals surface area contributed by atoms with Crippen molar-refractivity contribution in [3.05, 3.63) is 18.3 Å². The molecule has 7 heteroatoms. The van der Waals surface area contributed by atoms with Gasteiger partial charge in [-0.2, -0.15) is 0 Å². The molecule has 0 fully saturated rings. The van der Waals surface area contributed by atoms with E-state index in [4.69, 9.17) is 5.73 Å². The second-order valence-electron chi connectivity index (χ2n) is 4.56. The van der Waals surface area contributed by atoms with Crippen molar-refractivity contribution in [2.45, 2.75) is 31.7 Å². The molecule has 1 heterocycles. The van der Waals surface area contributed by atoms with E-state index in [1.54, 1.807) is 0 Å². The van der Waals surface area contributed by atoms with E-state index in [0.29, 0.717) is 12.2 Å². The smallest absolute Gasteiger partial charge is 0.258 e. The lowest BCUT2D eigenvalue weighted by Crippen LogP contribution is -2.27.